The van der Waals surface area contributed by atoms with Gasteiger partial charge in [-0.3, -0.25) is 4.98 Å². The quantitative estimate of drug-likeness (QED) is 0.187. The van der Waals surface area contributed by atoms with Crippen LogP contribution < -0.4 is 4.90 Å². The molecule has 0 radical (unpaired) electrons. The van der Waals surface area contributed by atoms with E-state index in [1.54, 1.807) is 6.20 Å². The number of aromatic nitrogens is 1. The minimum Gasteiger partial charge on any atom is -0.455 e. The number of fused-ring (bicyclic) bond motifs is 7. The molecule has 0 saturated heterocycles. The van der Waals surface area contributed by atoms with Gasteiger partial charge >= 0.3 is 0 Å². The van der Waals surface area contributed by atoms with Gasteiger partial charge in [0.1, 0.15) is 11.2 Å². The molecule has 0 fully saturated rings. The lowest BCUT2D eigenvalue weighted by Crippen LogP contribution is -2.10. The van der Waals surface area contributed by atoms with Crippen molar-refractivity contribution in [2.24, 2.45) is 0 Å². The van der Waals surface area contributed by atoms with Crippen molar-refractivity contribution in [2.45, 2.75) is 0 Å². The SMILES string of the molecule is c1ccc(-c2ccc(N(c3cccc(-c4ccccc4)c3)c3ccc4ccc5ccc6c7cnccc7oc6c5c4c3)cc2)cc1. The summed E-state index contributed by atoms with van der Waals surface area (Å²) in [6.07, 6.45) is 3.68. The Morgan fingerprint density at radius 2 is 1.07 bits per heavy atom. The number of benzene rings is 7. The Kier molecular flexibility index (Phi) is 6.14. The van der Waals surface area contributed by atoms with Crippen molar-refractivity contribution in [2.75, 3.05) is 4.90 Å². The molecule has 0 bridgehead atoms. The summed E-state index contributed by atoms with van der Waals surface area (Å²) < 4.78 is 6.51. The Bertz CT molecular complexity index is 2520. The topological polar surface area (TPSA) is 29.3 Å². The molecule has 216 valence electrons. The van der Waals surface area contributed by atoms with E-state index in [-0.39, 0.29) is 0 Å². The van der Waals surface area contributed by atoms with Gasteiger partial charge in [0.05, 0.1) is 0 Å². The maximum atomic E-state index is 6.51. The molecule has 9 rings (SSSR count). The molecule has 0 aliphatic rings. The van der Waals surface area contributed by atoms with Gasteiger partial charge in [-0.25, -0.2) is 0 Å². The molecule has 0 aliphatic carbocycles. The standard InChI is InChI=1S/C43H28N2O/c1-3-8-29(9-4-1)31-16-20-35(21-17-31)45(36-13-7-12-34(26-36)30-10-5-2-6-11-30)37-22-18-32-14-15-33-19-23-38-40-28-44-25-24-41(40)46-43(38)42(33)39(32)27-37/h1-28H. The van der Waals surface area contributed by atoms with Crippen LogP contribution in [0.2, 0.25) is 0 Å². The van der Waals surface area contributed by atoms with Crippen LogP contribution in [0.25, 0.3) is 65.7 Å². The molecule has 3 nitrogen and oxygen atoms in total. The van der Waals surface area contributed by atoms with Crippen molar-refractivity contribution in [3.63, 3.8) is 0 Å². The Morgan fingerprint density at radius 1 is 0.435 bits per heavy atom. The summed E-state index contributed by atoms with van der Waals surface area (Å²) in [4.78, 5) is 6.72. The van der Waals surface area contributed by atoms with E-state index in [1.165, 1.54) is 27.6 Å². The van der Waals surface area contributed by atoms with Crippen LogP contribution in [0.3, 0.4) is 0 Å². The number of pyridine rings is 1. The first-order valence-corrected chi connectivity index (χ1v) is 15.5. The van der Waals surface area contributed by atoms with Crippen molar-refractivity contribution in [3.8, 4) is 22.3 Å². The Hall–Kier alpha value is -6.19. The molecular weight excluding hydrogens is 560 g/mol. The second-order valence-corrected chi connectivity index (χ2v) is 11.6. The third kappa shape index (κ3) is 4.41. The molecule has 3 heteroatoms. The lowest BCUT2D eigenvalue weighted by Gasteiger charge is -2.27. The third-order valence-electron chi connectivity index (χ3n) is 8.92. The van der Waals surface area contributed by atoms with Crippen LogP contribution in [0.5, 0.6) is 0 Å². The second kappa shape index (κ2) is 10.8. The van der Waals surface area contributed by atoms with Crippen molar-refractivity contribution < 1.29 is 4.42 Å². The van der Waals surface area contributed by atoms with Gasteiger partial charge in [0.15, 0.2) is 0 Å². The highest BCUT2D eigenvalue weighted by atomic mass is 16.3. The van der Waals surface area contributed by atoms with Gasteiger partial charge in [-0.15, -0.1) is 0 Å². The molecule has 7 aromatic carbocycles. The molecule has 9 aromatic rings. The smallest absolute Gasteiger partial charge is 0.143 e. The maximum Gasteiger partial charge on any atom is 0.143 e. The number of furan rings is 1. The van der Waals surface area contributed by atoms with Crippen molar-refractivity contribution in [1.29, 1.82) is 0 Å². The summed E-state index contributed by atoms with van der Waals surface area (Å²) in [5, 5.41) is 6.69. The summed E-state index contributed by atoms with van der Waals surface area (Å²) in [7, 11) is 0. The fraction of sp³-hybridized carbons (Fsp3) is 0. The first-order chi connectivity index (χ1) is 22.8. The van der Waals surface area contributed by atoms with E-state index in [9.17, 15) is 0 Å². The zero-order valence-corrected chi connectivity index (χ0v) is 25.0. The van der Waals surface area contributed by atoms with E-state index in [0.717, 1.165) is 55.2 Å². The highest BCUT2D eigenvalue weighted by molar-refractivity contribution is 6.23. The molecular formula is C43H28N2O. The first-order valence-electron chi connectivity index (χ1n) is 15.5. The summed E-state index contributed by atoms with van der Waals surface area (Å²) >= 11 is 0. The molecule has 46 heavy (non-hydrogen) atoms. The van der Waals surface area contributed by atoms with Gasteiger partial charge in [0, 0.05) is 45.6 Å². The zero-order chi connectivity index (χ0) is 30.5. The molecule has 0 unspecified atom stereocenters. The van der Waals surface area contributed by atoms with Crippen molar-refractivity contribution >= 4 is 60.5 Å². The first kappa shape index (κ1) is 26.2. The summed E-state index contributed by atoms with van der Waals surface area (Å²) in [6.45, 7) is 0. The monoisotopic (exact) mass is 588 g/mol. The Labute approximate surface area is 266 Å². The fourth-order valence-electron chi connectivity index (χ4n) is 6.68. The predicted molar refractivity (Wildman–Crippen MR) is 192 cm³/mol. The minimum atomic E-state index is 0.850. The Morgan fingerprint density at radius 3 is 1.87 bits per heavy atom. The van der Waals surface area contributed by atoms with Crippen LogP contribution in [0, 0.1) is 0 Å². The molecule has 0 amide bonds. The minimum absolute atomic E-state index is 0.850. The van der Waals surface area contributed by atoms with Crippen LogP contribution in [-0.2, 0) is 0 Å². The summed E-state index contributed by atoms with van der Waals surface area (Å²) in [5.41, 5.74) is 9.76. The van der Waals surface area contributed by atoms with Gasteiger partial charge in [-0.1, -0.05) is 109 Å². The molecule has 0 saturated carbocycles. The van der Waals surface area contributed by atoms with Crippen LogP contribution in [0.15, 0.2) is 175 Å². The lowest BCUT2D eigenvalue weighted by molar-refractivity contribution is 0.672. The van der Waals surface area contributed by atoms with Gasteiger partial charge in [0.2, 0.25) is 0 Å². The van der Waals surface area contributed by atoms with Crippen molar-refractivity contribution in [1.82, 2.24) is 4.98 Å². The maximum absolute atomic E-state index is 6.51. The van der Waals surface area contributed by atoms with E-state index in [1.807, 2.05) is 12.3 Å². The van der Waals surface area contributed by atoms with Gasteiger partial charge in [0.25, 0.3) is 0 Å². The average Bonchev–Trinajstić information content (AvgIpc) is 3.52. The zero-order valence-electron chi connectivity index (χ0n) is 25.0. The van der Waals surface area contributed by atoms with Crippen LogP contribution >= 0.6 is 0 Å². The number of anilines is 3. The molecule has 2 heterocycles. The van der Waals surface area contributed by atoms with Crippen molar-refractivity contribution in [3.05, 3.63) is 170 Å². The van der Waals surface area contributed by atoms with Gasteiger partial charge in [-0.2, -0.15) is 0 Å². The molecule has 0 spiro atoms. The van der Waals surface area contributed by atoms with Crippen LogP contribution in [-0.4, -0.2) is 4.98 Å². The molecule has 0 atom stereocenters. The largest absolute Gasteiger partial charge is 0.455 e. The average molecular weight is 589 g/mol. The lowest BCUT2D eigenvalue weighted by atomic mass is 9.98. The number of rotatable bonds is 5. The summed E-state index contributed by atoms with van der Waals surface area (Å²) in [6, 6.07) is 56.1. The molecule has 0 aliphatic heterocycles. The predicted octanol–water partition coefficient (Wildman–Crippen LogP) is 12.1. The normalized spacial score (nSPS) is 11.5. The number of hydrogen-bond donors (Lipinski definition) is 0. The van der Waals surface area contributed by atoms with Crippen LogP contribution in [0.4, 0.5) is 17.1 Å². The Balaban J connectivity index is 1.27. The highest BCUT2D eigenvalue weighted by Gasteiger charge is 2.17. The van der Waals surface area contributed by atoms with E-state index >= 15 is 0 Å². The van der Waals surface area contributed by atoms with Crippen LogP contribution in [0.1, 0.15) is 0 Å². The van der Waals surface area contributed by atoms with E-state index < -0.39 is 0 Å². The second-order valence-electron chi connectivity index (χ2n) is 11.6. The van der Waals surface area contributed by atoms with E-state index in [0.29, 0.717) is 0 Å². The molecule has 2 aromatic heterocycles. The highest BCUT2D eigenvalue weighted by Crippen LogP contribution is 2.42. The van der Waals surface area contributed by atoms with E-state index in [2.05, 4.69) is 162 Å². The van der Waals surface area contributed by atoms with Gasteiger partial charge in [-0.05, 0) is 86.9 Å². The van der Waals surface area contributed by atoms with E-state index in [4.69, 9.17) is 4.42 Å². The van der Waals surface area contributed by atoms with Gasteiger partial charge < -0.3 is 9.32 Å². The number of nitrogens with zero attached hydrogens (tertiary/aromatic N) is 2. The summed E-state index contributed by atoms with van der Waals surface area (Å²) in [5.74, 6) is 0. The molecule has 0 N–H and O–H groups in total. The number of hydrogen-bond acceptors (Lipinski definition) is 3. The fourth-order valence-corrected chi connectivity index (χ4v) is 6.68. The third-order valence-corrected chi connectivity index (χ3v) is 8.92.